The van der Waals surface area contributed by atoms with E-state index in [2.05, 4.69) is 20.9 Å². The number of rotatable bonds is 6. The fourth-order valence-electron chi connectivity index (χ4n) is 2.70. The second-order valence-corrected chi connectivity index (χ2v) is 6.98. The number of carbonyl (C=O) groups excluding carboxylic acids is 1. The Morgan fingerprint density at radius 2 is 1.93 bits per heavy atom. The number of carbonyl (C=O) groups is 2. The lowest BCUT2D eigenvalue weighted by Crippen LogP contribution is -2.48. The van der Waals surface area contributed by atoms with Gasteiger partial charge in [0.15, 0.2) is 0 Å². The molecule has 0 aliphatic heterocycles. The molecule has 0 unspecified atom stereocenters. The number of carboxylic acid groups (broad SMARTS) is 1. The van der Waals surface area contributed by atoms with Crippen LogP contribution in [0.2, 0.25) is 5.02 Å². The molecule has 1 saturated carbocycles. The quantitative estimate of drug-likeness (QED) is 0.558. The highest BCUT2D eigenvalue weighted by atomic mass is 35.5. The smallest absolute Gasteiger partial charge is 0.418 e. The molecule has 1 aliphatic rings. The summed E-state index contributed by atoms with van der Waals surface area (Å²) < 4.78 is 39.5. The Kier molecular flexibility index (Phi) is 5.56. The summed E-state index contributed by atoms with van der Waals surface area (Å²) in [6.45, 7) is 0.0525. The highest BCUT2D eigenvalue weighted by Crippen LogP contribution is 2.38. The number of pyridine rings is 1. The molecule has 3 rings (SSSR count). The third-order valence-electron chi connectivity index (χ3n) is 4.35. The molecule has 4 N–H and O–H groups in total. The summed E-state index contributed by atoms with van der Waals surface area (Å²) in [6, 6.07) is 6.46. The van der Waals surface area contributed by atoms with E-state index >= 15 is 0 Å². The SMILES string of the molecule is O=C(O)NC1(C(=O)NCc2ccc(Nc3ccc(Cl)cc3C(F)(F)F)cn2)CC1. The van der Waals surface area contributed by atoms with Crippen LogP contribution in [0.5, 0.6) is 0 Å². The topological polar surface area (TPSA) is 103 Å². The van der Waals surface area contributed by atoms with Crippen LogP contribution in [-0.2, 0) is 17.5 Å². The van der Waals surface area contributed by atoms with Crippen molar-refractivity contribution in [2.75, 3.05) is 5.32 Å². The van der Waals surface area contributed by atoms with E-state index in [0.29, 0.717) is 24.2 Å². The summed E-state index contributed by atoms with van der Waals surface area (Å²) in [6.07, 6.45) is -3.67. The molecule has 1 heterocycles. The normalized spacial score (nSPS) is 14.8. The number of benzene rings is 1. The second kappa shape index (κ2) is 7.78. The van der Waals surface area contributed by atoms with Crippen molar-refractivity contribution >= 4 is 35.0 Å². The van der Waals surface area contributed by atoms with Crippen molar-refractivity contribution in [2.45, 2.75) is 31.1 Å². The van der Waals surface area contributed by atoms with Gasteiger partial charge in [0.25, 0.3) is 0 Å². The molecule has 1 fully saturated rings. The molecular weight excluding hydrogens is 413 g/mol. The Morgan fingerprint density at radius 1 is 1.21 bits per heavy atom. The average Bonchev–Trinajstić information content (AvgIpc) is 3.41. The predicted molar refractivity (Wildman–Crippen MR) is 98.9 cm³/mol. The first-order valence-corrected chi connectivity index (χ1v) is 8.85. The minimum absolute atomic E-state index is 0.0297. The van der Waals surface area contributed by atoms with E-state index < -0.39 is 29.3 Å². The number of halogens is 4. The van der Waals surface area contributed by atoms with Gasteiger partial charge in [0.1, 0.15) is 5.54 Å². The number of nitrogens with one attached hydrogen (secondary N) is 3. The van der Waals surface area contributed by atoms with E-state index in [9.17, 15) is 22.8 Å². The fraction of sp³-hybridized carbons (Fsp3) is 0.278. The van der Waals surface area contributed by atoms with Crippen LogP contribution in [0.3, 0.4) is 0 Å². The minimum Gasteiger partial charge on any atom is -0.465 e. The molecular formula is C18H16ClF3N4O3. The Labute approximate surface area is 168 Å². The molecule has 2 amide bonds. The molecule has 2 aromatic rings. The van der Waals surface area contributed by atoms with Gasteiger partial charge in [0.2, 0.25) is 5.91 Å². The molecule has 29 heavy (non-hydrogen) atoms. The first kappa shape index (κ1) is 20.7. The Hall–Kier alpha value is -3.01. The van der Waals surface area contributed by atoms with Gasteiger partial charge in [-0.3, -0.25) is 9.78 Å². The maximum Gasteiger partial charge on any atom is 0.418 e. The van der Waals surface area contributed by atoms with E-state index in [1.807, 2.05) is 0 Å². The molecule has 1 aliphatic carbocycles. The van der Waals surface area contributed by atoms with E-state index in [4.69, 9.17) is 16.7 Å². The van der Waals surface area contributed by atoms with Crippen LogP contribution in [-0.4, -0.2) is 27.6 Å². The van der Waals surface area contributed by atoms with E-state index in [1.54, 1.807) is 0 Å². The van der Waals surface area contributed by atoms with Crippen LogP contribution in [0.15, 0.2) is 36.5 Å². The molecule has 0 saturated heterocycles. The lowest BCUT2D eigenvalue weighted by atomic mass is 10.1. The molecule has 0 atom stereocenters. The van der Waals surface area contributed by atoms with Crippen LogP contribution in [0.4, 0.5) is 29.3 Å². The zero-order valence-corrected chi connectivity index (χ0v) is 15.6. The van der Waals surface area contributed by atoms with Gasteiger partial charge < -0.3 is 21.1 Å². The van der Waals surface area contributed by atoms with Crippen LogP contribution in [0.1, 0.15) is 24.1 Å². The largest absolute Gasteiger partial charge is 0.465 e. The standard InChI is InChI=1S/C18H16ClF3N4O3/c19-10-1-4-14(13(7-10)18(20,21)22)25-12-3-2-11(23-9-12)8-24-15(27)17(5-6-17)26-16(28)29/h1-4,7,9,25-26H,5-6,8H2,(H,24,27)(H,28,29). The van der Waals surface area contributed by atoms with Crippen molar-refractivity contribution in [3.05, 3.63) is 52.8 Å². The number of nitrogens with zero attached hydrogens (tertiary/aromatic N) is 1. The van der Waals surface area contributed by atoms with Crippen molar-refractivity contribution in [3.63, 3.8) is 0 Å². The molecule has 7 nitrogen and oxygen atoms in total. The summed E-state index contributed by atoms with van der Waals surface area (Å²) in [5.74, 6) is -0.445. The van der Waals surface area contributed by atoms with Crippen LogP contribution >= 0.6 is 11.6 Å². The highest BCUT2D eigenvalue weighted by molar-refractivity contribution is 6.30. The zero-order valence-electron chi connectivity index (χ0n) is 14.8. The average molecular weight is 429 g/mol. The Bertz CT molecular complexity index is 931. The predicted octanol–water partition coefficient (Wildman–Crippen LogP) is 3.91. The van der Waals surface area contributed by atoms with E-state index in [-0.39, 0.29) is 17.3 Å². The summed E-state index contributed by atoms with van der Waals surface area (Å²) in [5.41, 5.74) is -1.38. The Morgan fingerprint density at radius 3 is 2.48 bits per heavy atom. The van der Waals surface area contributed by atoms with Gasteiger partial charge in [-0.15, -0.1) is 0 Å². The maximum atomic E-state index is 13.2. The molecule has 154 valence electrons. The number of amides is 2. The highest BCUT2D eigenvalue weighted by Gasteiger charge is 2.51. The number of aromatic nitrogens is 1. The van der Waals surface area contributed by atoms with Gasteiger partial charge in [-0.1, -0.05) is 11.6 Å². The van der Waals surface area contributed by atoms with Gasteiger partial charge in [0, 0.05) is 5.02 Å². The number of anilines is 2. The molecule has 0 bridgehead atoms. The number of alkyl halides is 3. The molecule has 0 radical (unpaired) electrons. The van der Waals surface area contributed by atoms with E-state index in [0.717, 1.165) is 6.07 Å². The van der Waals surface area contributed by atoms with Gasteiger partial charge in [-0.25, -0.2) is 4.79 Å². The lowest BCUT2D eigenvalue weighted by Gasteiger charge is -2.16. The first-order valence-electron chi connectivity index (χ1n) is 8.47. The summed E-state index contributed by atoms with van der Waals surface area (Å²) >= 11 is 5.66. The third kappa shape index (κ3) is 5.08. The summed E-state index contributed by atoms with van der Waals surface area (Å²) in [7, 11) is 0. The van der Waals surface area contributed by atoms with Gasteiger partial charge in [0.05, 0.1) is 35.4 Å². The van der Waals surface area contributed by atoms with Crippen molar-refractivity contribution in [2.24, 2.45) is 0 Å². The van der Waals surface area contributed by atoms with E-state index in [1.165, 1.54) is 30.5 Å². The van der Waals surface area contributed by atoms with Crippen molar-refractivity contribution < 1.29 is 27.9 Å². The molecule has 1 aromatic heterocycles. The number of hydrogen-bond acceptors (Lipinski definition) is 4. The van der Waals surface area contributed by atoms with Crippen LogP contribution < -0.4 is 16.0 Å². The molecule has 11 heteroatoms. The maximum absolute atomic E-state index is 13.2. The monoisotopic (exact) mass is 428 g/mol. The molecule has 1 aromatic carbocycles. The Balaban J connectivity index is 1.63. The summed E-state index contributed by atoms with van der Waals surface area (Å²) in [4.78, 5) is 26.9. The first-order chi connectivity index (χ1) is 13.6. The zero-order chi connectivity index (χ0) is 21.2. The summed E-state index contributed by atoms with van der Waals surface area (Å²) in [5, 5.41) is 16.2. The lowest BCUT2D eigenvalue weighted by molar-refractivity contribution is -0.137. The van der Waals surface area contributed by atoms with Crippen molar-refractivity contribution in [1.82, 2.24) is 15.6 Å². The number of hydrogen-bond donors (Lipinski definition) is 4. The van der Waals surface area contributed by atoms with Crippen LogP contribution in [0, 0.1) is 0 Å². The van der Waals surface area contributed by atoms with Gasteiger partial charge >= 0.3 is 12.3 Å². The fourth-order valence-corrected chi connectivity index (χ4v) is 2.87. The van der Waals surface area contributed by atoms with Crippen LogP contribution in [0.25, 0.3) is 0 Å². The van der Waals surface area contributed by atoms with Gasteiger partial charge in [-0.2, -0.15) is 13.2 Å². The third-order valence-corrected chi connectivity index (χ3v) is 4.59. The minimum atomic E-state index is -4.58. The van der Waals surface area contributed by atoms with Crippen molar-refractivity contribution in [1.29, 1.82) is 0 Å². The molecule has 0 spiro atoms. The van der Waals surface area contributed by atoms with Gasteiger partial charge in [-0.05, 0) is 43.2 Å². The second-order valence-electron chi connectivity index (χ2n) is 6.55. The van der Waals surface area contributed by atoms with Crippen molar-refractivity contribution in [3.8, 4) is 0 Å².